The number of ether oxygens (including phenoxy) is 2. The lowest BCUT2D eigenvalue weighted by Crippen LogP contribution is -2.30. The molecule has 0 N–H and O–H groups in total. The highest BCUT2D eigenvalue weighted by atomic mass is 16.5. The lowest BCUT2D eigenvalue weighted by atomic mass is 10.1. The maximum Gasteiger partial charge on any atom is 0.218 e. The van der Waals surface area contributed by atoms with Gasteiger partial charge >= 0.3 is 0 Å². The molecule has 24 heavy (non-hydrogen) atoms. The number of aromatic nitrogens is 1. The average molecular weight is 320 g/mol. The van der Waals surface area contributed by atoms with Gasteiger partial charge in [-0.05, 0) is 24.3 Å². The van der Waals surface area contributed by atoms with Gasteiger partial charge < -0.3 is 9.47 Å². The van der Waals surface area contributed by atoms with Crippen molar-refractivity contribution in [3.8, 4) is 11.6 Å². The van der Waals surface area contributed by atoms with Crippen molar-refractivity contribution in [3.05, 3.63) is 66.2 Å². The smallest absolute Gasteiger partial charge is 0.218 e. The van der Waals surface area contributed by atoms with E-state index in [1.165, 1.54) is 0 Å². The zero-order valence-electron chi connectivity index (χ0n) is 13.5. The van der Waals surface area contributed by atoms with Crippen LogP contribution < -0.4 is 9.47 Å². The topological polar surface area (TPSA) is 34.6 Å². The number of para-hydroxylation sites is 2. The molecular formula is C20H20N2O2. The van der Waals surface area contributed by atoms with Crippen molar-refractivity contribution in [2.75, 3.05) is 26.3 Å². The molecule has 1 aliphatic rings. The Morgan fingerprint density at radius 3 is 2.79 bits per heavy atom. The second-order valence-electron chi connectivity index (χ2n) is 5.93. The standard InChI is InChI=1S/C20H20N2O2/c1-2-7-18(8-3-1)23-12-10-22-11-13-24-20-17(15-22)14-16-6-4-5-9-19(16)21-20/h1-9,14H,10-13,15H2. The van der Waals surface area contributed by atoms with Gasteiger partial charge in [0.2, 0.25) is 5.88 Å². The Labute approximate surface area is 141 Å². The van der Waals surface area contributed by atoms with Crippen LogP contribution in [0.1, 0.15) is 5.56 Å². The Morgan fingerprint density at radius 1 is 1.04 bits per heavy atom. The Kier molecular flexibility index (Phi) is 4.30. The second kappa shape index (κ2) is 6.89. The summed E-state index contributed by atoms with van der Waals surface area (Å²) in [5.74, 6) is 1.68. The molecule has 0 amide bonds. The van der Waals surface area contributed by atoms with Crippen LogP contribution in [0.15, 0.2) is 60.7 Å². The first-order chi connectivity index (χ1) is 11.9. The fraction of sp³-hybridized carbons (Fsp3) is 0.250. The van der Waals surface area contributed by atoms with Crippen molar-refractivity contribution in [1.29, 1.82) is 0 Å². The number of fused-ring (bicyclic) bond motifs is 2. The predicted octanol–water partition coefficient (Wildman–Crippen LogP) is 3.51. The molecule has 0 spiro atoms. The Balaban J connectivity index is 1.44. The summed E-state index contributed by atoms with van der Waals surface area (Å²) in [5.41, 5.74) is 2.13. The first kappa shape index (κ1) is 15.0. The minimum Gasteiger partial charge on any atom is -0.492 e. The van der Waals surface area contributed by atoms with Gasteiger partial charge in [-0.15, -0.1) is 0 Å². The number of hydrogen-bond donors (Lipinski definition) is 0. The van der Waals surface area contributed by atoms with Gasteiger partial charge in [0.05, 0.1) is 5.52 Å². The maximum absolute atomic E-state index is 5.86. The molecule has 0 saturated carbocycles. The van der Waals surface area contributed by atoms with Crippen molar-refractivity contribution in [1.82, 2.24) is 9.88 Å². The highest BCUT2D eigenvalue weighted by Crippen LogP contribution is 2.25. The Hall–Kier alpha value is -2.59. The molecule has 1 aliphatic heterocycles. The van der Waals surface area contributed by atoms with Gasteiger partial charge in [-0.2, -0.15) is 0 Å². The number of pyridine rings is 1. The third kappa shape index (κ3) is 3.34. The summed E-state index contributed by atoms with van der Waals surface area (Å²) >= 11 is 0. The second-order valence-corrected chi connectivity index (χ2v) is 5.93. The number of rotatable bonds is 4. The minimum atomic E-state index is 0.656. The van der Waals surface area contributed by atoms with E-state index in [9.17, 15) is 0 Å². The lowest BCUT2D eigenvalue weighted by molar-refractivity contribution is 0.185. The molecule has 2 heterocycles. The lowest BCUT2D eigenvalue weighted by Gasteiger charge is -2.19. The summed E-state index contributed by atoms with van der Waals surface area (Å²) in [6.45, 7) is 3.91. The molecule has 4 nitrogen and oxygen atoms in total. The molecule has 0 aliphatic carbocycles. The maximum atomic E-state index is 5.86. The van der Waals surface area contributed by atoms with Crippen molar-refractivity contribution >= 4 is 10.9 Å². The zero-order valence-corrected chi connectivity index (χ0v) is 13.5. The van der Waals surface area contributed by atoms with E-state index in [2.05, 4.69) is 22.0 Å². The van der Waals surface area contributed by atoms with Gasteiger partial charge in [-0.3, -0.25) is 4.90 Å². The van der Waals surface area contributed by atoms with E-state index in [1.807, 2.05) is 48.5 Å². The highest BCUT2D eigenvalue weighted by Gasteiger charge is 2.17. The molecule has 0 saturated heterocycles. The zero-order chi connectivity index (χ0) is 16.2. The molecule has 0 unspecified atom stereocenters. The Bertz CT molecular complexity index is 820. The molecule has 122 valence electrons. The van der Waals surface area contributed by atoms with E-state index in [0.717, 1.165) is 47.7 Å². The van der Waals surface area contributed by atoms with Gasteiger partial charge in [0.25, 0.3) is 0 Å². The molecule has 0 atom stereocenters. The molecule has 4 heteroatoms. The monoisotopic (exact) mass is 320 g/mol. The van der Waals surface area contributed by atoms with E-state index >= 15 is 0 Å². The summed E-state index contributed by atoms with van der Waals surface area (Å²) in [6.07, 6.45) is 0. The average Bonchev–Trinajstić information content (AvgIpc) is 2.82. The molecule has 0 bridgehead atoms. The fourth-order valence-electron chi connectivity index (χ4n) is 2.97. The molecular weight excluding hydrogens is 300 g/mol. The van der Waals surface area contributed by atoms with Crippen molar-refractivity contribution in [2.45, 2.75) is 6.54 Å². The van der Waals surface area contributed by atoms with Gasteiger partial charge in [0.1, 0.15) is 19.0 Å². The summed E-state index contributed by atoms with van der Waals surface area (Å²) in [6, 6.07) is 20.3. The van der Waals surface area contributed by atoms with Crippen LogP contribution >= 0.6 is 0 Å². The molecule has 4 rings (SSSR count). The van der Waals surface area contributed by atoms with E-state index in [-0.39, 0.29) is 0 Å². The third-order valence-electron chi connectivity index (χ3n) is 4.22. The fourth-order valence-corrected chi connectivity index (χ4v) is 2.97. The highest BCUT2D eigenvalue weighted by molar-refractivity contribution is 5.80. The summed E-state index contributed by atoms with van der Waals surface area (Å²) in [7, 11) is 0. The predicted molar refractivity (Wildman–Crippen MR) is 94.5 cm³/mol. The van der Waals surface area contributed by atoms with E-state index < -0.39 is 0 Å². The van der Waals surface area contributed by atoms with Crippen LogP contribution in [0.3, 0.4) is 0 Å². The SMILES string of the molecule is c1ccc(OCCN2CCOc3nc4ccccc4cc3C2)cc1. The largest absolute Gasteiger partial charge is 0.492 e. The summed E-state index contributed by atoms with van der Waals surface area (Å²) in [5, 5.41) is 1.15. The molecule has 2 aromatic carbocycles. The first-order valence-corrected chi connectivity index (χ1v) is 8.30. The number of hydrogen-bond acceptors (Lipinski definition) is 4. The minimum absolute atomic E-state index is 0.656. The first-order valence-electron chi connectivity index (χ1n) is 8.30. The van der Waals surface area contributed by atoms with Crippen LogP contribution in [0.25, 0.3) is 10.9 Å². The molecule has 3 aromatic rings. The van der Waals surface area contributed by atoms with Gasteiger partial charge in [-0.1, -0.05) is 36.4 Å². The van der Waals surface area contributed by atoms with Crippen molar-refractivity contribution < 1.29 is 9.47 Å². The normalized spacial score (nSPS) is 14.7. The molecule has 0 radical (unpaired) electrons. The van der Waals surface area contributed by atoms with Crippen LogP contribution in [0.5, 0.6) is 11.6 Å². The van der Waals surface area contributed by atoms with Crippen LogP contribution in [-0.4, -0.2) is 36.2 Å². The molecule has 0 fully saturated rings. The number of benzene rings is 2. The van der Waals surface area contributed by atoms with Gasteiger partial charge in [-0.25, -0.2) is 4.98 Å². The van der Waals surface area contributed by atoms with Gasteiger partial charge in [0, 0.05) is 30.6 Å². The Morgan fingerprint density at radius 2 is 1.88 bits per heavy atom. The van der Waals surface area contributed by atoms with Crippen molar-refractivity contribution in [2.24, 2.45) is 0 Å². The number of nitrogens with zero attached hydrogens (tertiary/aromatic N) is 2. The van der Waals surface area contributed by atoms with Gasteiger partial charge in [0.15, 0.2) is 0 Å². The van der Waals surface area contributed by atoms with E-state index in [4.69, 9.17) is 9.47 Å². The van der Waals surface area contributed by atoms with Crippen molar-refractivity contribution in [3.63, 3.8) is 0 Å². The third-order valence-corrected chi connectivity index (χ3v) is 4.22. The molecule has 1 aromatic heterocycles. The van der Waals surface area contributed by atoms with Crippen LogP contribution in [0.2, 0.25) is 0 Å². The van der Waals surface area contributed by atoms with Crippen LogP contribution in [0.4, 0.5) is 0 Å². The summed E-state index contributed by atoms with van der Waals surface area (Å²) < 4.78 is 11.7. The van der Waals surface area contributed by atoms with E-state index in [0.29, 0.717) is 13.2 Å². The van der Waals surface area contributed by atoms with E-state index in [1.54, 1.807) is 0 Å². The van der Waals surface area contributed by atoms with Crippen LogP contribution in [-0.2, 0) is 6.54 Å². The quantitative estimate of drug-likeness (QED) is 0.737. The summed E-state index contributed by atoms with van der Waals surface area (Å²) in [4.78, 5) is 7.01. The van der Waals surface area contributed by atoms with Crippen LogP contribution in [0, 0.1) is 0 Å².